The van der Waals surface area contributed by atoms with Gasteiger partial charge in [0.1, 0.15) is 0 Å². The van der Waals surface area contributed by atoms with Crippen molar-refractivity contribution in [3.05, 3.63) is 93.1 Å². The fraction of sp³-hybridized carbons (Fsp3) is 0.0952. The first kappa shape index (κ1) is 22.4. The second-order valence-electron chi connectivity index (χ2n) is 6.63. The number of rotatable bonds is 5. The first-order valence-electron chi connectivity index (χ1n) is 8.84. The van der Waals surface area contributed by atoms with E-state index in [2.05, 4.69) is 9.12 Å². The minimum absolute atomic E-state index is 0.0134. The lowest BCUT2D eigenvalue weighted by molar-refractivity contribution is 0.592. The number of nitrogens with one attached hydrogen (secondary N) is 1. The number of hydrogen-bond acceptors (Lipinski definition) is 4. The number of hydrogen-bond donors (Lipinski definition) is 1. The summed E-state index contributed by atoms with van der Waals surface area (Å²) in [5.41, 5.74) is 2.17. The summed E-state index contributed by atoms with van der Waals surface area (Å²) in [6, 6.07) is 19.3. The normalized spacial score (nSPS) is 12.6. The van der Waals surface area contributed by atoms with Crippen LogP contribution in [0, 0.1) is 17.4 Å². The molecule has 0 radical (unpaired) electrons. The number of halogens is 1. The lowest BCUT2D eigenvalue weighted by Gasteiger charge is -2.13. The van der Waals surface area contributed by atoms with E-state index in [9.17, 15) is 16.8 Å². The summed E-state index contributed by atoms with van der Waals surface area (Å²) in [4.78, 5) is -0.00875. The van der Waals surface area contributed by atoms with E-state index in [0.29, 0.717) is 9.13 Å². The topological polar surface area (TPSA) is 92.7 Å². The number of benzene rings is 3. The van der Waals surface area contributed by atoms with Gasteiger partial charge >= 0.3 is 0 Å². The molecule has 3 aromatic rings. The summed E-state index contributed by atoms with van der Waals surface area (Å²) in [7, 11) is -8.20. The van der Waals surface area contributed by atoms with E-state index in [4.69, 9.17) is 0 Å². The van der Waals surface area contributed by atoms with Crippen LogP contribution in [0.2, 0.25) is 0 Å². The second kappa shape index (κ2) is 8.86. The van der Waals surface area contributed by atoms with Gasteiger partial charge in [-0.15, -0.1) is 4.40 Å². The van der Waals surface area contributed by atoms with Gasteiger partial charge in [-0.3, -0.25) is 4.72 Å². The maximum Gasteiger partial charge on any atom is 0.284 e. The van der Waals surface area contributed by atoms with Gasteiger partial charge in [0, 0.05) is 9.13 Å². The molecule has 156 valence electrons. The van der Waals surface area contributed by atoms with E-state index >= 15 is 0 Å². The highest BCUT2D eigenvalue weighted by molar-refractivity contribution is 14.1. The highest BCUT2D eigenvalue weighted by atomic mass is 127. The van der Waals surface area contributed by atoms with Crippen molar-refractivity contribution >= 4 is 48.5 Å². The minimum Gasteiger partial charge on any atom is -0.262 e. The van der Waals surface area contributed by atoms with Crippen molar-refractivity contribution in [2.45, 2.75) is 23.6 Å². The van der Waals surface area contributed by atoms with Crippen LogP contribution in [0.4, 0.5) is 0 Å². The van der Waals surface area contributed by atoms with Crippen molar-refractivity contribution in [3.8, 4) is 0 Å². The van der Waals surface area contributed by atoms with Crippen molar-refractivity contribution in [2.24, 2.45) is 4.40 Å². The van der Waals surface area contributed by atoms with Gasteiger partial charge in [0.05, 0.1) is 9.79 Å². The molecular formula is C21H19IN2O4S2. The molecule has 0 saturated heterocycles. The van der Waals surface area contributed by atoms with Crippen LogP contribution >= 0.6 is 22.6 Å². The van der Waals surface area contributed by atoms with Crippen molar-refractivity contribution in [3.63, 3.8) is 0 Å². The third-order valence-electron chi connectivity index (χ3n) is 4.22. The standard InChI is InChI=1S/C21H19IN2O4S2/c1-15-7-11-17(12-8-15)29(25,26)23-21(19-5-3-4-6-20(19)22)24-30(27,28)18-13-9-16(2)10-14-18/h3-14H,1-2H3,(H,23,24). The van der Waals surface area contributed by atoms with Crippen molar-refractivity contribution in [1.82, 2.24) is 4.72 Å². The van der Waals surface area contributed by atoms with Crippen LogP contribution in [-0.2, 0) is 20.0 Å². The maximum atomic E-state index is 12.9. The van der Waals surface area contributed by atoms with Crippen LogP contribution in [0.5, 0.6) is 0 Å². The largest absolute Gasteiger partial charge is 0.284 e. The maximum absolute atomic E-state index is 12.9. The molecule has 0 aliphatic heterocycles. The molecule has 3 aromatic carbocycles. The molecule has 6 nitrogen and oxygen atoms in total. The molecule has 3 rings (SSSR count). The molecule has 9 heteroatoms. The summed E-state index contributed by atoms with van der Waals surface area (Å²) < 4.78 is 58.5. The summed E-state index contributed by atoms with van der Waals surface area (Å²) in [5, 5.41) is 0. The molecule has 0 aliphatic carbocycles. The van der Waals surface area contributed by atoms with E-state index in [1.54, 1.807) is 48.5 Å². The van der Waals surface area contributed by atoms with Crippen LogP contribution in [0.3, 0.4) is 0 Å². The lowest BCUT2D eigenvalue weighted by atomic mass is 10.2. The van der Waals surface area contributed by atoms with Gasteiger partial charge in [0.2, 0.25) is 0 Å². The summed E-state index contributed by atoms with van der Waals surface area (Å²) >= 11 is 2.01. The Morgan fingerprint density at radius 2 is 1.27 bits per heavy atom. The minimum atomic E-state index is -4.14. The predicted octanol–water partition coefficient (Wildman–Crippen LogP) is 4.02. The van der Waals surface area contributed by atoms with Crippen molar-refractivity contribution in [1.29, 1.82) is 0 Å². The quantitative estimate of drug-likeness (QED) is 0.293. The molecule has 0 atom stereocenters. The average Bonchev–Trinajstić information content (AvgIpc) is 2.68. The molecule has 0 bridgehead atoms. The zero-order valence-electron chi connectivity index (χ0n) is 16.2. The zero-order valence-corrected chi connectivity index (χ0v) is 20.0. The molecule has 0 saturated carbocycles. The molecule has 1 N–H and O–H groups in total. The van der Waals surface area contributed by atoms with Gasteiger partial charge in [-0.2, -0.15) is 8.42 Å². The Labute approximate surface area is 190 Å². The molecule has 0 unspecified atom stereocenters. The van der Waals surface area contributed by atoms with Crippen LogP contribution in [-0.4, -0.2) is 22.7 Å². The first-order chi connectivity index (χ1) is 14.1. The zero-order chi connectivity index (χ0) is 21.9. The summed E-state index contributed by atoms with van der Waals surface area (Å²) in [6.45, 7) is 3.68. The Hall–Kier alpha value is -2.24. The molecule has 0 aliphatic rings. The Morgan fingerprint density at radius 3 is 1.80 bits per heavy atom. The van der Waals surface area contributed by atoms with Gasteiger partial charge in [0.25, 0.3) is 20.0 Å². The van der Waals surface area contributed by atoms with Crippen molar-refractivity contribution < 1.29 is 16.8 Å². The first-order valence-corrected chi connectivity index (χ1v) is 12.8. The van der Waals surface area contributed by atoms with Crippen LogP contribution in [0.1, 0.15) is 16.7 Å². The lowest BCUT2D eigenvalue weighted by Crippen LogP contribution is -2.32. The average molecular weight is 554 g/mol. The van der Waals surface area contributed by atoms with Gasteiger partial charge in [-0.05, 0) is 66.8 Å². The monoisotopic (exact) mass is 554 g/mol. The molecule has 0 fully saturated rings. The molecule has 0 aromatic heterocycles. The Balaban J connectivity index is 2.12. The van der Waals surface area contributed by atoms with Crippen LogP contribution in [0.25, 0.3) is 0 Å². The SMILES string of the molecule is Cc1ccc(S(=O)(=O)/N=C(/NS(=O)(=O)c2ccc(C)cc2)c2ccccc2I)cc1. The van der Waals surface area contributed by atoms with Crippen LogP contribution < -0.4 is 4.72 Å². The summed E-state index contributed by atoms with van der Waals surface area (Å²) in [5.74, 6) is -0.263. The van der Waals surface area contributed by atoms with E-state index in [1.807, 2.05) is 36.4 Å². The molecule has 0 amide bonds. The van der Waals surface area contributed by atoms with Gasteiger partial charge in [-0.25, -0.2) is 8.42 Å². The third kappa shape index (κ3) is 5.27. The smallest absolute Gasteiger partial charge is 0.262 e. The van der Waals surface area contributed by atoms with Crippen LogP contribution in [0.15, 0.2) is 87.0 Å². The van der Waals surface area contributed by atoms with E-state index < -0.39 is 20.0 Å². The van der Waals surface area contributed by atoms with Gasteiger partial charge in [0.15, 0.2) is 5.84 Å². The third-order valence-corrected chi connectivity index (χ3v) is 7.81. The molecular weight excluding hydrogens is 535 g/mol. The number of amidine groups is 1. The fourth-order valence-corrected chi connectivity index (χ4v) is 5.26. The highest BCUT2D eigenvalue weighted by Gasteiger charge is 2.22. The summed E-state index contributed by atoms with van der Waals surface area (Å²) in [6.07, 6.45) is 0. The van der Waals surface area contributed by atoms with E-state index in [0.717, 1.165) is 11.1 Å². The molecule has 0 heterocycles. The number of sulfonamides is 2. The Morgan fingerprint density at radius 1 is 0.767 bits per heavy atom. The fourth-order valence-electron chi connectivity index (χ4n) is 2.56. The molecule has 30 heavy (non-hydrogen) atoms. The molecule has 0 spiro atoms. The Bertz CT molecular complexity index is 1300. The van der Waals surface area contributed by atoms with Crippen molar-refractivity contribution in [2.75, 3.05) is 0 Å². The van der Waals surface area contributed by atoms with Gasteiger partial charge in [-0.1, -0.05) is 53.6 Å². The highest BCUT2D eigenvalue weighted by Crippen LogP contribution is 2.19. The Kier molecular flexibility index (Phi) is 6.63. The van der Waals surface area contributed by atoms with E-state index in [1.165, 1.54) is 24.3 Å². The number of nitrogens with zero attached hydrogens (tertiary/aromatic N) is 1. The van der Waals surface area contributed by atoms with E-state index in [-0.39, 0.29) is 15.6 Å². The number of aryl methyl sites for hydroxylation is 2. The second-order valence-corrected chi connectivity index (χ2v) is 11.1. The van der Waals surface area contributed by atoms with Gasteiger partial charge < -0.3 is 0 Å². The predicted molar refractivity (Wildman–Crippen MR) is 126 cm³/mol.